The summed E-state index contributed by atoms with van der Waals surface area (Å²) in [7, 11) is 0. The van der Waals surface area contributed by atoms with E-state index in [9.17, 15) is 13.6 Å². The normalized spacial score (nSPS) is 16.5. The number of nitrogens with zero attached hydrogens (tertiary/aromatic N) is 1. The molecule has 1 aliphatic heterocycles. The van der Waals surface area contributed by atoms with Crippen LogP contribution in [0.25, 0.3) is 0 Å². The van der Waals surface area contributed by atoms with Crippen LogP contribution in [0.1, 0.15) is 17.5 Å². The number of hydrogen-bond donors (Lipinski definition) is 0. The van der Waals surface area contributed by atoms with Gasteiger partial charge in [0.2, 0.25) is 6.10 Å². The Bertz CT molecular complexity index is 790. The third-order valence-electron chi connectivity index (χ3n) is 3.51. The molecule has 0 bridgehead atoms. The van der Waals surface area contributed by atoms with Crippen molar-refractivity contribution in [1.82, 2.24) is 0 Å². The second-order valence-electron chi connectivity index (χ2n) is 5.15. The Kier molecular flexibility index (Phi) is 4.76. The fourth-order valence-electron chi connectivity index (χ4n) is 2.25. The highest BCUT2D eigenvalue weighted by Gasteiger charge is 2.30. The Morgan fingerprint density at radius 3 is 2.83 bits per heavy atom. The third kappa shape index (κ3) is 3.54. The standard InChI is InChI=1S/C17H12ClF2NO3/c18-13-5-2-6-14(20)12(13)9-23-17(22)16-8-15(21-24-16)10-3-1-4-11(19)7-10/h1-7,16H,8-9H2. The zero-order valence-corrected chi connectivity index (χ0v) is 13.1. The lowest BCUT2D eigenvalue weighted by Gasteiger charge is -2.10. The summed E-state index contributed by atoms with van der Waals surface area (Å²) in [6.07, 6.45) is -0.804. The number of hydrogen-bond acceptors (Lipinski definition) is 4. The summed E-state index contributed by atoms with van der Waals surface area (Å²) in [5.74, 6) is -1.65. The molecule has 0 radical (unpaired) electrons. The van der Waals surface area contributed by atoms with Crippen molar-refractivity contribution in [2.75, 3.05) is 0 Å². The Labute approximate surface area is 141 Å². The lowest BCUT2D eigenvalue weighted by Crippen LogP contribution is -2.23. The van der Waals surface area contributed by atoms with Crippen LogP contribution in [0.15, 0.2) is 47.6 Å². The van der Waals surface area contributed by atoms with E-state index in [1.807, 2.05) is 0 Å². The van der Waals surface area contributed by atoms with Gasteiger partial charge in [0.05, 0.1) is 10.7 Å². The molecular weight excluding hydrogens is 340 g/mol. The summed E-state index contributed by atoms with van der Waals surface area (Å²) >= 11 is 5.87. The summed E-state index contributed by atoms with van der Waals surface area (Å²) in [5, 5.41) is 3.96. The minimum absolute atomic E-state index is 0.0942. The molecule has 1 unspecified atom stereocenters. The molecule has 0 saturated carbocycles. The predicted octanol–water partition coefficient (Wildman–Crippen LogP) is 3.85. The van der Waals surface area contributed by atoms with Gasteiger partial charge in [-0.15, -0.1) is 0 Å². The van der Waals surface area contributed by atoms with E-state index in [2.05, 4.69) is 5.16 Å². The number of rotatable bonds is 4. The number of benzene rings is 2. The number of ether oxygens (including phenoxy) is 1. The molecule has 0 saturated heterocycles. The Morgan fingerprint density at radius 1 is 1.29 bits per heavy atom. The monoisotopic (exact) mass is 351 g/mol. The number of oxime groups is 1. The molecular formula is C17H12ClF2NO3. The average molecular weight is 352 g/mol. The van der Waals surface area contributed by atoms with E-state index in [1.54, 1.807) is 12.1 Å². The first-order chi connectivity index (χ1) is 11.5. The second-order valence-corrected chi connectivity index (χ2v) is 5.56. The maximum atomic E-state index is 13.6. The summed E-state index contributed by atoms with van der Waals surface area (Å²) in [5.41, 5.74) is 1.07. The summed E-state index contributed by atoms with van der Waals surface area (Å²) in [4.78, 5) is 17.1. The van der Waals surface area contributed by atoms with Gasteiger partial charge in [-0.2, -0.15) is 0 Å². The lowest BCUT2D eigenvalue weighted by molar-refractivity contribution is -0.156. The van der Waals surface area contributed by atoms with Crippen LogP contribution in [0, 0.1) is 11.6 Å². The highest BCUT2D eigenvalue weighted by Crippen LogP contribution is 2.22. The van der Waals surface area contributed by atoms with Gasteiger partial charge in [0.1, 0.15) is 18.2 Å². The Balaban J connectivity index is 1.60. The van der Waals surface area contributed by atoms with Crippen molar-refractivity contribution >= 4 is 23.3 Å². The maximum absolute atomic E-state index is 13.6. The van der Waals surface area contributed by atoms with Crippen LogP contribution < -0.4 is 0 Å². The van der Waals surface area contributed by atoms with Gasteiger partial charge >= 0.3 is 5.97 Å². The summed E-state index contributed by atoms with van der Waals surface area (Å²) in [6.45, 7) is -0.306. The van der Waals surface area contributed by atoms with Crippen LogP contribution >= 0.6 is 11.6 Å². The van der Waals surface area contributed by atoms with Crippen LogP contribution in [-0.4, -0.2) is 17.8 Å². The quantitative estimate of drug-likeness (QED) is 0.786. The molecule has 7 heteroatoms. The first-order valence-electron chi connectivity index (χ1n) is 7.13. The smallest absolute Gasteiger partial charge is 0.350 e. The van der Waals surface area contributed by atoms with Crippen LogP contribution in [0.3, 0.4) is 0 Å². The molecule has 3 rings (SSSR count). The van der Waals surface area contributed by atoms with Crippen molar-refractivity contribution in [1.29, 1.82) is 0 Å². The molecule has 24 heavy (non-hydrogen) atoms. The first kappa shape index (κ1) is 16.4. The number of carbonyl (C=O) groups excluding carboxylic acids is 1. The molecule has 0 aromatic heterocycles. The van der Waals surface area contributed by atoms with Crippen LogP contribution in [0.4, 0.5) is 8.78 Å². The Hall–Kier alpha value is -2.47. The van der Waals surface area contributed by atoms with E-state index in [0.717, 1.165) is 0 Å². The lowest BCUT2D eigenvalue weighted by atomic mass is 10.1. The first-order valence-corrected chi connectivity index (χ1v) is 7.50. The molecule has 2 aromatic rings. The topological polar surface area (TPSA) is 47.9 Å². The summed E-state index contributed by atoms with van der Waals surface area (Å²) < 4.78 is 31.9. The molecule has 0 fully saturated rings. The molecule has 0 aliphatic carbocycles. The van der Waals surface area contributed by atoms with E-state index in [4.69, 9.17) is 21.2 Å². The highest BCUT2D eigenvalue weighted by atomic mass is 35.5. The van der Waals surface area contributed by atoms with Crippen LogP contribution in [0.2, 0.25) is 5.02 Å². The molecule has 0 spiro atoms. The van der Waals surface area contributed by atoms with Crippen LogP contribution in [-0.2, 0) is 21.0 Å². The fourth-order valence-corrected chi connectivity index (χ4v) is 2.47. The number of esters is 1. The van der Waals surface area contributed by atoms with Gasteiger partial charge in [0.15, 0.2) is 0 Å². The fraction of sp³-hybridized carbons (Fsp3) is 0.176. The van der Waals surface area contributed by atoms with E-state index in [0.29, 0.717) is 11.3 Å². The average Bonchev–Trinajstić information content (AvgIpc) is 3.04. The minimum atomic E-state index is -0.950. The SMILES string of the molecule is O=C(OCc1c(F)cccc1Cl)C1CC(c2cccc(F)c2)=NO1. The van der Waals surface area contributed by atoms with Crippen molar-refractivity contribution in [2.24, 2.45) is 5.16 Å². The van der Waals surface area contributed by atoms with E-state index >= 15 is 0 Å². The molecule has 1 atom stereocenters. The zero-order valence-electron chi connectivity index (χ0n) is 12.3. The molecule has 1 heterocycles. The number of carbonyl (C=O) groups is 1. The van der Waals surface area contributed by atoms with Crippen molar-refractivity contribution < 1.29 is 23.1 Å². The van der Waals surface area contributed by atoms with Crippen molar-refractivity contribution in [3.63, 3.8) is 0 Å². The van der Waals surface area contributed by atoms with Crippen LogP contribution in [0.5, 0.6) is 0 Å². The van der Waals surface area contributed by atoms with Gasteiger partial charge in [0, 0.05) is 17.5 Å². The van der Waals surface area contributed by atoms with Gasteiger partial charge in [-0.05, 0) is 24.3 Å². The molecule has 0 amide bonds. The van der Waals surface area contributed by atoms with Gasteiger partial charge in [-0.1, -0.05) is 35.0 Å². The largest absolute Gasteiger partial charge is 0.458 e. The summed E-state index contributed by atoms with van der Waals surface area (Å²) in [6, 6.07) is 10.0. The maximum Gasteiger partial charge on any atom is 0.350 e. The van der Waals surface area contributed by atoms with Gasteiger partial charge in [-0.3, -0.25) is 0 Å². The molecule has 124 valence electrons. The van der Waals surface area contributed by atoms with Gasteiger partial charge in [0.25, 0.3) is 0 Å². The van der Waals surface area contributed by atoms with Crippen molar-refractivity contribution in [2.45, 2.75) is 19.1 Å². The van der Waals surface area contributed by atoms with Crippen molar-refractivity contribution in [3.8, 4) is 0 Å². The molecule has 2 aromatic carbocycles. The van der Waals surface area contributed by atoms with Gasteiger partial charge < -0.3 is 9.57 Å². The predicted molar refractivity (Wildman–Crippen MR) is 83.6 cm³/mol. The zero-order chi connectivity index (χ0) is 17.1. The van der Waals surface area contributed by atoms with Crippen molar-refractivity contribution in [3.05, 3.63) is 70.2 Å². The third-order valence-corrected chi connectivity index (χ3v) is 3.86. The molecule has 1 aliphatic rings. The minimum Gasteiger partial charge on any atom is -0.458 e. The highest BCUT2D eigenvalue weighted by molar-refractivity contribution is 6.31. The number of halogens is 3. The Morgan fingerprint density at radius 2 is 2.08 bits per heavy atom. The van der Waals surface area contributed by atoms with Gasteiger partial charge in [-0.25, -0.2) is 13.6 Å². The van der Waals surface area contributed by atoms with E-state index in [1.165, 1.54) is 30.3 Å². The molecule has 4 nitrogen and oxygen atoms in total. The van der Waals surface area contributed by atoms with E-state index in [-0.39, 0.29) is 23.6 Å². The second kappa shape index (κ2) is 6.97. The van der Waals surface area contributed by atoms with E-state index < -0.39 is 23.7 Å². The molecule has 0 N–H and O–H groups in total.